The zero-order valence-corrected chi connectivity index (χ0v) is 7.18. The first-order valence-corrected chi connectivity index (χ1v) is 3.90. The molecule has 2 rings (SSSR count). The summed E-state index contributed by atoms with van der Waals surface area (Å²) in [5.74, 6) is 0.772. The Kier molecular flexibility index (Phi) is 1.73. The molecule has 0 fully saturated rings. The van der Waals surface area contributed by atoms with Crippen LogP contribution < -0.4 is 0 Å². The van der Waals surface area contributed by atoms with Crippen molar-refractivity contribution in [3.8, 4) is 17.3 Å². The van der Waals surface area contributed by atoms with Gasteiger partial charge in [-0.1, -0.05) is 0 Å². The molecule has 0 aliphatic carbocycles. The van der Waals surface area contributed by atoms with Gasteiger partial charge in [-0.25, -0.2) is 0 Å². The van der Waals surface area contributed by atoms with Crippen LogP contribution in [0.15, 0.2) is 30.7 Å². The van der Waals surface area contributed by atoms with E-state index in [1.165, 1.54) is 0 Å². The summed E-state index contributed by atoms with van der Waals surface area (Å²) >= 11 is 0. The molecule has 0 unspecified atom stereocenters. The third-order valence-corrected chi connectivity index (χ3v) is 1.80. The van der Waals surface area contributed by atoms with Gasteiger partial charge in [0.1, 0.15) is 5.82 Å². The molecule has 2 aromatic heterocycles. The second-order valence-corrected chi connectivity index (χ2v) is 2.77. The Morgan fingerprint density at radius 2 is 2.00 bits per heavy atom. The lowest BCUT2D eigenvalue weighted by Crippen LogP contribution is -1.90. The third kappa shape index (κ3) is 1.38. The lowest BCUT2D eigenvalue weighted by atomic mass is 10.2. The van der Waals surface area contributed by atoms with Crippen LogP contribution in [0.5, 0.6) is 5.88 Å². The molecule has 0 aromatic carbocycles. The van der Waals surface area contributed by atoms with E-state index in [-0.39, 0.29) is 5.88 Å². The van der Waals surface area contributed by atoms with E-state index in [9.17, 15) is 0 Å². The maximum atomic E-state index is 9.15. The molecular weight excluding hydrogens is 166 g/mol. The maximum Gasteiger partial charge on any atom is 0.229 e. The second kappa shape index (κ2) is 2.90. The summed E-state index contributed by atoms with van der Waals surface area (Å²) in [6, 6.07) is 3.70. The molecule has 1 N–H and O–H groups in total. The fraction of sp³-hybridized carbons (Fsp3) is 0.111. The van der Waals surface area contributed by atoms with Gasteiger partial charge in [0, 0.05) is 25.0 Å². The summed E-state index contributed by atoms with van der Waals surface area (Å²) in [5.41, 5.74) is 0.942. The fourth-order valence-electron chi connectivity index (χ4n) is 1.22. The molecule has 66 valence electrons. The number of nitrogens with zero attached hydrogens (tertiary/aromatic N) is 3. The average Bonchev–Trinajstić information content (AvgIpc) is 2.47. The van der Waals surface area contributed by atoms with Gasteiger partial charge in [0.15, 0.2) is 0 Å². The molecule has 0 amide bonds. The number of aromatic hydroxyl groups is 1. The molecule has 0 aliphatic heterocycles. The highest BCUT2D eigenvalue weighted by atomic mass is 16.3. The van der Waals surface area contributed by atoms with Crippen LogP contribution in [0.25, 0.3) is 11.4 Å². The van der Waals surface area contributed by atoms with Gasteiger partial charge in [-0.3, -0.25) is 4.98 Å². The number of imidazole rings is 1. The van der Waals surface area contributed by atoms with Crippen molar-refractivity contribution in [2.45, 2.75) is 0 Å². The van der Waals surface area contributed by atoms with Crippen molar-refractivity contribution in [1.29, 1.82) is 0 Å². The molecule has 4 nitrogen and oxygen atoms in total. The first-order chi connectivity index (χ1) is 6.27. The summed E-state index contributed by atoms with van der Waals surface area (Å²) in [6.07, 6.45) is 4.96. The summed E-state index contributed by atoms with van der Waals surface area (Å²) in [4.78, 5) is 7.88. The molecule has 2 aromatic rings. The van der Waals surface area contributed by atoms with E-state index in [0.717, 1.165) is 11.4 Å². The summed E-state index contributed by atoms with van der Waals surface area (Å²) < 4.78 is 1.77. The molecule has 0 aliphatic rings. The Hall–Kier alpha value is -1.84. The Balaban J connectivity index is 2.53. The molecule has 0 saturated carbocycles. The van der Waals surface area contributed by atoms with Crippen molar-refractivity contribution in [1.82, 2.24) is 14.5 Å². The van der Waals surface area contributed by atoms with E-state index >= 15 is 0 Å². The predicted molar refractivity (Wildman–Crippen MR) is 48.1 cm³/mol. The Labute approximate surface area is 75.5 Å². The Morgan fingerprint density at radius 1 is 1.31 bits per heavy atom. The number of aryl methyl sites for hydroxylation is 1. The first-order valence-electron chi connectivity index (χ1n) is 3.90. The zero-order chi connectivity index (χ0) is 9.26. The normalized spacial score (nSPS) is 10.2. The standard InChI is InChI=1S/C9H9N3O/c1-12-6-8(13)11-9(12)7-2-4-10-5-3-7/h2-6,13H,1H3. The average molecular weight is 175 g/mol. The van der Waals surface area contributed by atoms with Crippen LogP contribution in [0.3, 0.4) is 0 Å². The predicted octanol–water partition coefficient (Wildman–Crippen LogP) is 1.19. The minimum absolute atomic E-state index is 0.0364. The highest BCUT2D eigenvalue weighted by Crippen LogP contribution is 2.18. The highest BCUT2D eigenvalue weighted by molar-refractivity contribution is 5.55. The highest BCUT2D eigenvalue weighted by Gasteiger charge is 2.05. The molecule has 0 bridgehead atoms. The molecule has 0 atom stereocenters. The van der Waals surface area contributed by atoms with Gasteiger partial charge >= 0.3 is 0 Å². The summed E-state index contributed by atoms with van der Waals surface area (Å²) in [6.45, 7) is 0. The van der Waals surface area contributed by atoms with Gasteiger partial charge in [-0.15, -0.1) is 0 Å². The van der Waals surface area contributed by atoms with Crippen LogP contribution in [0.1, 0.15) is 0 Å². The number of aromatic nitrogens is 3. The van der Waals surface area contributed by atoms with Crippen molar-refractivity contribution >= 4 is 0 Å². The molecule has 0 spiro atoms. The zero-order valence-electron chi connectivity index (χ0n) is 7.18. The smallest absolute Gasteiger partial charge is 0.229 e. The molecule has 0 saturated heterocycles. The SMILES string of the molecule is Cn1cc(O)nc1-c1ccncc1. The van der Waals surface area contributed by atoms with Crippen molar-refractivity contribution in [3.63, 3.8) is 0 Å². The molecule has 4 heteroatoms. The van der Waals surface area contributed by atoms with Gasteiger partial charge < -0.3 is 9.67 Å². The summed E-state index contributed by atoms with van der Waals surface area (Å²) in [7, 11) is 1.84. The number of hydrogen-bond acceptors (Lipinski definition) is 3. The van der Waals surface area contributed by atoms with E-state index in [4.69, 9.17) is 5.11 Å². The van der Waals surface area contributed by atoms with Crippen molar-refractivity contribution in [2.75, 3.05) is 0 Å². The van der Waals surface area contributed by atoms with Crippen LogP contribution in [0.4, 0.5) is 0 Å². The molecule has 0 radical (unpaired) electrons. The first kappa shape index (κ1) is 7.79. The number of rotatable bonds is 1. The van der Waals surface area contributed by atoms with E-state index in [0.29, 0.717) is 0 Å². The van der Waals surface area contributed by atoms with Crippen LogP contribution in [0.2, 0.25) is 0 Å². The minimum atomic E-state index is 0.0364. The molecular formula is C9H9N3O. The molecule has 13 heavy (non-hydrogen) atoms. The lowest BCUT2D eigenvalue weighted by molar-refractivity contribution is 0.456. The maximum absolute atomic E-state index is 9.15. The number of hydrogen-bond donors (Lipinski definition) is 1. The van der Waals surface area contributed by atoms with Gasteiger partial charge in [-0.2, -0.15) is 4.98 Å². The van der Waals surface area contributed by atoms with Crippen molar-refractivity contribution in [2.24, 2.45) is 7.05 Å². The van der Waals surface area contributed by atoms with Gasteiger partial charge in [0.2, 0.25) is 5.88 Å². The van der Waals surface area contributed by atoms with E-state index in [1.54, 1.807) is 23.2 Å². The van der Waals surface area contributed by atoms with E-state index < -0.39 is 0 Å². The quantitative estimate of drug-likeness (QED) is 0.708. The van der Waals surface area contributed by atoms with Crippen molar-refractivity contribution < 1.29 is 5.11 Å². The van der Waals surface area contributed by atoms with E-state index in [1.807, 2.05) is 19.2 Å². The largest absolute Gasteiger partial charge is 0.492 e. The van der Waals surface area contributed by atoms with Crippen LogP contribution >= 0.6 is 0 Å². The van der Waals surface area contributed by atoms with Crippen LogP contribution in [0, 0.1) is 0 Å². The van der Waals surface area contributed by atoms with Crippen LogP contribution in [-0.4, -0.2) is 19.6 Å². The van der Waals surface area contributed by atoms with Crippen LogP contribution in [-0.2, 0) is 7.05 Å². The fourth-order valence-corrected chi connectivity index (χ4v) is 1.22. The van der Waals surface area contributed by atoms with Gasteiger partial charge in [0.25, 0.3) is 0 Å². The second-order valence-electron chi connectivity index (χ2n) is 2.77. The third-order valence-electron chi connectivity index (χ3n) is 1.80. The van der Waals surface area contributed by atoms with Gasteiger partial charge in [0.05, 0.1) is 6.20 Å². The summed E-state index contributed by atoms with van der Waals surface area (Å²) in [5, 5.41) is 9.15. The minimum Gasteiger partial charge on any atom is -0.492 e. The Bertz CT molecular complexity index is 408. The monoisotopic (exact) mass is 175 g/mol. The Morgan fingerprint density at radius 3 is 2.54 bits per heavy atom. The lowest BCUT2D eigenvalue weighted by Gasteiger charge is -1.98. The van der Waals surface area contributed by atoms with Crippen molar-refractivity contribution in [3.05, 3.63) is 30.7 Å². The van der Waals surface area contributed by atoms with Gasteiger partial charge in [-0.05, 0) is 12.1 Å². The topological polar surface area (TPSA) is 50.9 Å². The van der Waals surface area contributed by atoms with E-state index in [2.05, 4.69) is 9.97 Å². The molecule has 2 heterocycles. The number of pyridine rings is 1.